The van der Waals surface area contributed by atoms with Gasteiger partial charge in [-0.25, -0.2) is 13.1 Å². The second-order valence-corrected chi connectivity index (χ2v) is 7.16. The summed E-state index contributed by atoms with van der Waals surface area (Å²) in [6.07, 6.45) is 1.47. The van der Waals surface area contributed by atoms with Gasteiger partial charge in [-0.05, 0) is 35.0 Å². The van der Waals surface area contributed by atoms with Gasteiger partial charge in [-0.3, -0.25) is 4.57 Å². The van der Waals surface area contributed by atoms with E-state index in [-0.39, 0.29) is 10.8 Å². The van der Waals surface area contributed by atoms with Crippen LogP contribution in [0, 0.1) is 0 Å². The van der Waals surface area contributed by atoms with Crippen molar-refractivity contribution in [3.63, 3.8) is 0 Å². The molecule has 3 aromatic carbocycles. The molecule has 1 heterocycles. The first kappa shape index (κ1) is 15.3. The molecule has 0 aliphatic rings. The molecule has 0 fully saturated rings. The van der Waals surface area contributed by atoms with E-state index in [0.717, 1.165) is 16.5 Å². The quantitative estimate of drug-likeness (QED) is 0.613. The number of anilines is 1. The third kappa shape index (κ3) is 2.97. The molecule has 1 N–H and O–H groups in total. The number of hydrogen-bond acceptors (Lipinski definition) is 4. The monoisotopic (exact) mass is 350 g/mol. The summed E-state index contributed by atoms with van der Waals surface area (Å²) >= 11 is 0. The Kier molecular flexibility index (Phi) is 3.70. The number of fused-ring (bicyclic) bond motifs is 1. The maximum atomic E-state index is 12.7. The van der Waals surface area contributed by atoms with Crippen molar-refractivity contribution in [1.29, 1.82) is 0 Å². The van der Waals surface area contributed by atoms with E-state index in [0.29, 0.717) is 0 Å². The number of aromatic nitrogens is 3. The average molecular weight is 350 g/mol. The normalized spacial score (nSPS) is 11.5. The van der Waals surface area contributed by atoms with E-state index in [1.54, 1.807) is 22.8 Å². The first-order chi connectivity index (χ1) is 12.1. The van der Waals surface area contributed by atoms with Crippen molar-refractivity contribution < 1.29 is 8.42 Å². The number of nitrogens with one attached hydrogen (secondary N) is 1. The zero-order valence-electron chi connectivity index (χ0n) is 13.1. The van der Waals surface area contributed by atoms with Crippen LogP contribution in [0.15, 0.2) is 84.0 Å². The second kappa shape index (κ2) is 6.03. The van der Waals surface area contributed by atoms with E-state index in [9.17, 15) is 8.42 Å². The highest BCUT2D eigenvalue weighted by Gasteiger charge is 2.18. The van der Waals surface area contributed by atoms with Crippen molar-refractivity contribution in [1.82, 2.24) is 14.8 Å². The fourth-order valence-electron chi connectivity index (χ4n) is 2.60. The molecule has 0 bridgehead atoms. The highest BCUT2D eigenvalue weighted by atomic mass is 32.2. The standard InChI is InChI=1S/C18H14N4O2S/c23-25(24,17-11-10-14-6-4-5-7-15(14)12-17)21-18-20-19-13-22(18)16-8-2-1-3-9-16/h1-13H,(H,20,21). The molecule has 0 radical (unpaired) electrons. The third-order valence-electron chi connectivity index (χ3n) is 3.84. The Hall–Kier alpha value is -3.19. The van der Waals surface area contributed by atoms with Gasteiger partial charge < -0.3 is 0 Å². The Morgan fingerprint density at radius 1 is 0.840 bits per heavy atom. The van der Waals surface area contributed by atoms with Crippen molar-refractivity contribution in [2.45, 2.75) is 4.90 Å². The van der Waals surface area contributed by atoms with Crippen molar-refractivity contribution in [2.75, 3.05) is 4.72 Å². The molecular weight excluding hydrogens is 336 g/mol. The lowest BCUT2D eigenvalue weighted by atomic mass is 10.1. The molecule has 124 valence electrons. The van der Waals surface area contributed by atoms with Gasteiger partial charge in [-0.1, -0.05) is 48.5 Å². The van der Waals surface area contributed by atoms with Gasteiger partial charge in [-0.15, -0.1) is 10.2 Å². The zero-order valence-corrected chi connectivity index (χ0v) is 13.9. The molecule has 0 aliphatic heterocycles. The van der Waals surface area contributed by atoms with Crippen LogP contribution in [-0.2, 0) is 10.0 Å². The van der Waals surface area contributed by atoms with Gasteiger partial charge in [0, 0.05) is 0 Å². The zero-order chi connectivity index (χ0) is 17.3. The number of para-hydroxylation sites is 1. The summed E-state index contributed by atoms with van der Waals surface area (Å²) in [5, 5.41) is 9.54. The summed E-state index contributed by atoms with van der Waals surface area (Å²) in [4.78, 5) is 0.175. The molecule has 4 aromatic rings. The van der Waals surface area contributed by atoms with E-state index >= 15 is 0 Å². The van der Waals surface area contributed by atoms with Crippen LogP contribution >= 0.6 is 0 Å². The van der Waals surface area contributed by atoms with Crippen LogP contribution in [0.5, 0.6) is 0 Å². The van der Waals surface area contributed by atoms with Crippen LogP contribution < -0.4 is 4.72 Å². The summed E-state index contributed by atoms with van der Waals surface area (Å²) in [5.41, 5.74) is 0.767. The van der Waals surface area contributed by atoms with Crippen molar-refractivity contribution in [3.8, 4) is 5.69 Å². The van der Waals surface area contributed by atoms with Gasteiger partial charge in [0.1, 0.15) is 6.33 Å². The Morgan fingerprint density at radius 2 is 1.56 bits per heavy atom. The number of nitrogens with zero attached hydrogens (tertiary/aromatic N) is 3. The lowest BCUT2D eigenvalue weighted by Gasteiger charge is -2.10. The molecule has 25 heavy (non-hydrogen) atoms. The van der Waals surface area contributed by atoms with E-state index < -0.39 is 10.0 Å². The third-order valence-corrected chi connectivity index (χ3v) is 5.16. The molecule has 6 nitrogen and oxygen atoms in total. The van der Waals surface area contributed by atoms with Crippen LogP contribution in [-0.4, -0.2) is 23.2 Å². The Bertz CT molecular complexity index is 1140. The van der Waals surface area contributed by atoms with E-state index in [2.05, 4.69) is 14.9 Å². The number of sulfonamides is 1. The SMILES string of the molecule is O=S(=O)(Nc1nncn1-c1ccccc1)c1ccc2ccccc2c1. The maximum absolute atomic E-state index is 12.7. The molecule has 0 spiro atoms. The minimum absolute atomic E-state index is 0.138. The fraction of sp³-hybridized carbons (Fsp3) is 0. The summed E-state index contributed by atoms with van der Waals surface area (Å²) in [7, 11) is -3.78. The maximum Gasteiger partial charge on any atom is 0.264 e. The Morgan fingerprint density at radius 3 is 2.36 bits per heavy atom. The van der Waals surface area contributed by atoms with Gasteiger partial charge in [0.25, 0.3) is 10.0 Å². The van der Waals surface area contributed by atoms with Crippen LogP contribution in [0.25, 0.3) is 16.5 Å². The average Bonchev–Trinajstić information content (AvgIpc) is 3.09. The van der Waals surface area contributed by atoms with Crippen LogP contribution in [0.4, 0.5) is 5.95 Å². The lowest BCUT2D eigenvalue weighted by Crippen LogP contribution is -2.16. The molecular formula is C18H14N4O2S. The predicted molar refractivity (Wildman–Crippen MR) is 96.1 cm³/mol. The highest BCUT2D eigenvalue weighted by Crippen LogP contribution is 2.21. The van der Waals surface area contributed by atoms with E-state index in [4.69, 9.17) is 0 Å². The highest BCUT2D eigenvalue weighted by molar-refractivity contribution is 7.92. The second-order valence-electron chi connectivity index (χ2n) is 5.47. The first-order valence-corrected chi connectivity index (χ1v) is 9.09. The van der Waals surface area contributed by atoms with Gasteiger partial charge >= 0.3 is 0 Å². The Balaban J connectivity index is 1.71. The number of rotatable bonds is 4. The van der Waals surface area contributed by atoms with E-state index in [1.165, 1.54) is 6.33 Å². The van der Waals surface area contributed by atoms with Gasteiger partial charge in [0.2, 0.25) is 5.95 Å². The largest absolute Gasteiger partial charge is 0.267 e. The molecule has 0 saturated heterocycles. The minimum atomic E-state index is -3.78. The van der Waals surface area contributed by atoms with Crippen LogP contribution in [0.3, 0.4) is 0 Å². The molecule has 1 aromatic heterocycles. The summed E-state index contributed by atoms with van der Waals surface area (Å²) in [6, 6.07) is 21.9. The number of benzene rings is 3. The van der Waals surface area contributed by atoms with Gasteiger partial charge in [0.15, 0.2) is 0 Å². The molecule has 0 amide bonds. The van der Waals surface area contributed by atoms with Crippen molar-refractivity contribution >= 4 is 26.7 Å². The van der Waals surface area contributed by atoms with Crippen molar-refractivity contribution in [3.05, 3.63) is 79.1 Å². The molecule has 4 rings (SSSR count). The van der Waals surface area contributed by atoms with Crippen LogP contribution in [0.2, 0.25) is 0 Å². The molecule has 0 saturated carbocycles. The van der Waals surface area contributed by atoms with Crippen LogP contribution in [0.1, 0.15) is 0 Å². The smallest absolute Gasteiger partial charge is 0.264 e. The van der Waals surface area contributed by atoms with E-state index in [1.807, 2.05) is 54.6 Å². The first-order valence-electron chi connectivity index (χ1n) is 7.60. The number of hydrogen-bond donors (Lipinski definition) is 1. The fourth-order valence-corrected chi connectivity index (χ4v) is 3.62. The Labute approximate surface area is 144 Å². The summed E-state index contributed by atoms with van der Waals surface area (Å²) < 4.78 is 29.6. The summed E-state index contributed by atoms with van der Waals surface area (Å²) in [6.45, 7) is 0. The topological polar surface area (TPSA) is 76.9 Å². The van der Waals surface area contributed by atoms with Crippen molar-refractivity contribution in [2.24, 2.45) is 0 Å². The minimum Gasteiger partial charge on any atom is -0.267 e. The molecule has 7 heteroatoms. The molecule has 0 aliphatic carbocycles. The summed E-state index contributed by atoms with van der Waals surface area (Å²) in [5.74, 6) is 0.138. The lowest BCUT2D eigenvalue weighted by molar-refractivity contribution is 0.600. The van der Waals surface area contributed by atoms with Gasteiger partial charge in [0.05, 0.1) is 10.6 Å². The molecule has 0 unspecified atom stereocenters. The van der Waals surface area contributed by atoms with Gasteiger partial charge in [-0.2, -0.15) is 0 Å². The molecule has 0 atom stereocenters. The predicted octanol–water partition coefficient (Wildman–Crippen LogP) is 3.22.